The maximum Gasteiger partial charge on any atom is 0.414 e. The van der Waals surface area contributed by atoms with Gasteiger partial charge in [-0.2, -0.15) is 5.10 Å². The van der Waals surface area contributed by atoms with Crippen LogP contribution < -0.4 is 26.3 Å². The molecule has 1 atom stereocenters. The zero-order chi connectivity index (χ0) is 25.7. The van der Waals surface area contributed by atoms with Gasteiger partial charge in [0.05, 0.1) is 37.2 Å². The number of nitrogens with one attached hydrogen (secondary N) is 2. The number of hydrogen-bond acceptors (Lipinski definition) is 8. The molecule has 0 aliphatic carbocycles. The molecule has 192 valence electrons. The third-order valence-electron chi connectivity index (χ3n) is 5.84. The highest BCUT2D eigenvalue weighted by Gasteiger charge is 2.33. The number of halogens is 1. The predicted octanol–water partition coefficient (Wildman–Crippen LogP) is 1.20. The summed E-state index contributed by atoms with van der Waals surface area (Å²) >= 11 is 0. The van der Waals surface area contributed by atoms with Crippen LogP contribution in [0.15, 0.2) is 39.9 Å². The van der Waals surface area contributed by atoms with E-state index in [2.05, 4.69) is 20.7 Å². The number of rotatable bonds is 8. The number of nitrogens with two attached hydrogens (primary N) is 1. The van der Waals surface area contributed by atoms with Gasteiger partial charge in [-0.15, -0.1) is 0 Å². The summed E-state index contributed by atoms with van der Waals surface area (Å²) in [6.07, 6.45) is 0.313. The Hall–Kier alpha value is -4.13. The van der Waals surface area contributed by atoms with Crippen LogP contribution in [-0.4, -0.2) is 74.5 Å². The van der Waals surface area contributed by atoms with Crippen LogP contribution in [0.5, 0.6) is 0 Å². The standard InChI is InChI=1S/C23H28FN7O5/c1-15(32)26-11-19-14-31(23(34)36-19)16-2-5-21(20(24)10-16)30-8-6-29(7-9-30)13-18-4-3-17(35-18)12-27-28-22(25)33/h2-5,10,12,19H,6-9,11,13-14H2,1H3,(H,26,32)(H3,25,28,33)/b27-12+/t19-/m0/s1. The molecular weight excluding hydrogens is 473 g/mol. The Bertz CT molecular complexity index is 1150. The van der Waals surface area contributed by atoms with Crippen LogP contribution in [0.2, 0.25) is 0 Å². The Kier molecular flexibility index (Phi) is 7.68. The Balaban J connectivity index is 1.29. The van der Waals surface area contributed by atoms with E-state index in [0.29, 0.717) is 49.9 Å². The van der Waals surface area contributed by atoms with Crippen molar-refractivity contribution in [1.82, 2.24) is 15.6 Å². The number of carbonyl (C=O) groups excluding carboxylic acids is 3. The molecule has 2 aromatic rings. The number of nitrogens with zero attached hydrogens (tertiary/aromatic N) is 4. The third-order valence-corrected chi connectivity index (χ3v) is 5.84. The van der Waals surface area contributed by atoms with Crippen molar-refractivity contribution in [2.24, 2.45) is 10.8 Å². The lowest BCUT2D eigenvalue weighted by molar-refractivity contribution is -0.119. The van der Waals surface area contributed by atoms with Crippen molar-refractivity contribution < 1.29 is 27.9 Å². The molecule has 4 rings (SSSR count). The van der Waals surface area contributed by atoms with Crippen LogP contribution in [0.4, 0.5) is 25.4 Å². The van der Waals surface area contributed by atoms with Crippen LogP contribution in [0.3, 0.4) is 0 Å². The molecule has 0 unspecified atom stereocenters. The van der Waals surface area contributed by atoms with E-state index in [1.54, 1.807) is 18.2 Å². The smallest absolute Gasteiger partial charge is 0.414 e. The van der Waals surface area contributed by atoms with Crippen LogP contribution in [0.1, 0.15) is 18.4 Å². The van der Waals surface area contributed by atoms with Crippen molar-refractivity contribution in [2.45, 2.75) is 19.6 Å². The minimum atomic E-state index is -0.757. The van der Waals surface area contributed by atoms with Crippen LogP contribution in [-0.2, 0) is 16.1 Å². The first-order chi connectivity index (χ1) is 17.3. The van der Waals surface area contributed by atoms with Gasteiger partial charge in [0.1, 0.15) is 23.4 Å². The lowest BCUT2D eigenvalue weighted by Gasteiger charge is -2.36. The van der Waals surface area contributed by atoms with E-state index >= 15 is 4.39 Å². The SMILES string of the molecule is CC(=O)NC[C@H]1CN(c2ccc(N3CCN(Cc4ccc(/C=N/NC(N)=O)o4)CC3)c(F)c2)C(=O)O1. The fourth-order valence-electron chi connectivity index (χ4n) is 4.09. The van der Waals surface area contributed by atoms with Crippen molar-refractivity contribution in [3.05, 3.63) is 47.7 Å². The molecule has 3 heterocycles. The van der Waals surface area contributed by atoms with E-state index < -0.39 is 24.0 Å². The Labute approximate surface area is 206 Å². The summed E-state index contributed by atoms with van der Waals surface area (Å²) in [7, 11) is 0. The van der Waals surface area contributed by atoms with Gasteiger partial charge in [0.15, 0.2) is 0 Å². The number of piperazine rings is 1. The highest BCUT2D eigenvalue weighted by molar-refractivity contribution is 5.90. The van der Waals surface area contributed by atoms with Gasteiger partial charge < -0.3 is 25.1 Å². The molecule has 0 radical (unpaired) electrons. The molecule has 0 bridgehead atoms. The molecule has 2 aliphatic heterocycles. The van der Waals surface area contributed by atoms with E-state index in [9.17, 15) is 14.4 Å². The molecule has 36 heavy (non-hydrogen) atoms. The van der Waals surface area contributed by atoms with Crippen LogP contribution >= 0.6 is 0 Å². The molecule has 4 amide bonds. The number of anilines is 2. The quantitative estimate of drug-likeness (QED) is 0.364. The second-order valence-corrected chi connectivity index (χ2v) is 8.49. The Morgan fingerprint density at radius 1 is 1.22 bits per heavy atom. The fourth-order valence-corrected chi connectivity index (χ4v) is 4.09. The number of hydrazone groups is 1. The summed E-state index contributed by atoms with van der Waals surface area (Å²) in [5.41, 5.74) is 7.94. The highest BCUT2D eigenvalue weighted by Crippen LogP contribution is 2.28. The number of amides is 4. The van der Waals surface area contributed by atoms with Crippen molar-refractivity contribution in [1.29, 1.82) is 0 Å². The van der Waals surface area contributed by atoms with E-state index in [4.69, 9.17) is 14.9 Å². The van der Waals surface area contributed by atoms with Crippen molar-refractivity contribution in [3.63, 3.8) is 0 Å². The Morgan fingerprint density at radius 3 is 2.69 bits per heavy atom. The minimum absolute atomic E-state index is 0.210. The molecule has 12 nitrogen and oxygen atoms in total. The largest absolute Gasteiger partial charge is 0.459 e. The topological polar surface area (TPSA) is 146 Å². The average Bonchev–Trinajstić information content (AvgIpc) is 3.44. The molecule has 4 N–H and O–H groups in total. The summed E-state index contributed by atoms with van der Waals surface area (Å²) in [6, 6.07) is 7.53. The number of ether oxygens (including phenoxy) is 1. The molecule has 0 spiro atoms. The maximum absolute atomic E-state index is 15.0. The molecule has 2 aliphatic rings. The number of primary amides is 1. The van der Waals surface area contributed by atoms with Crippen molar-refractivity contribution in [3.8, 4) is 0 Å². The van der Waals surface area contributed by atoms with Crippen LogP contribution in [0, 0.1) is 5.82 Å². The minimum Gasteiger partial charge on any atom is -0.459 e. The maximum atomic E-state index is 15.0. The molecule has 0 saturated carbocycles. The molecule has 2 saturated heterocycles. The molecule has 1 aromatic heterocycles. The molecule has 13 heteroatoms. The van der Waals surface area contributed by atoms with Gasteiger partial charge in [0, 0.05) is 33.1 Å². The Morgan fingerprint density at radius 2 is 2.00 bits per heavy atom. The second kappa shape index (κ2) is 11.1. The van der Waals surface area contributed by atoms with Crippen molar-refractivity contribution >= 4 is 35.6 Å². The van der Waals surface area contributed by atoms with Gasteiger partial charge >= 0.3 is 12.1 Å². The summed E-state index contributed by atoms with van der Waals surface area (Å²) < 4.78 is 25.9. The zero-order valence-corrected chi connectivity index (χ0v) is 19.8. The number of furan rings is 1. The molecule has 2 fully saturated rings. The van der Waals surface area contributed by atoms with Gasteiger partial charge in [-0.3, -0.25) is 14.6 Å². The van der Waals surface area contributed by atoms with E-state index in [0.717, 1.165) is 5.76 Å². The average molecular weight is 502 g/mol. The van der Waals surface area contributed by atoms with E-state index in [1.807, 2.05) is 11.0 Å². The first kappa shape index (κ1) is 25.0. The van der Waals surface area contributed by atoms with Crippen molar-refractivity contribution in [2.75, 3.05) is 49.1 Å². The molecule has 1 aromatic carbocycles. The van der Waals surface area contributed by atoms with Gasteiger partial charge in [-0.1, -0.05) is 0 Å². The van der Waals surface area contributed by atoms with E-state index in [-0.39, 0.29) is 19.0 Å². The van der Waals surface area contributed by atoms with Gasteiger partial charge in [0.2, 0.25) is 5.91 Å². The lowest BCUT2D eigenvalue weighted by Crippen LogP contribution is -2.46. The van der Waals surface area contributed by atoms with Gasteiger partial charge in [0.25, 0.3) is 0 Å². The number of carbonyl (C=O) groups is 3. The highest BCUT2D eigenvalue weighted by atomic mass is 19.1. The van der Waals surface area contributed by atoms with Crippen LogP contribution in [0.25, 0.3) is 0 Å². The lowest BCUT2D eigenvalue weighted by atomic mass is 10.2. The van der Waals surface area contributed by atoms with Gasteiger partial charge in [-0.25, -0.2) is 19.4 Å². The number of hydrogen-bond donors (Lipinski definition) is 3. The number of urea groups is 1. The summed E-state index contributed by atoms with van der Waals surface area (Å²) in [5, 5.41) is 6.28. The summed E-state index contributed by atoms with van der Waals surface area (Å²) in [5.74, 6) is 0.605. The number of benzene rings is 1. The third kappa shape index (κ3) is 6.30. The predicted molar refractivity (Wildman–Crippen MR) is 129 cm³/mol. The van der Waals surface area contributed by atoms with E-state index in [1.165, 1.54) is 24.1 Å². The second-order valence-electron chi connectivity index (χ2n) is 8.49. The normalized spacial score (nSPS) is 18.5. The number of cyclic esters (lactones) is 1. The van der Waals surface area contributed by atoms with Gasteiger partial charge in [-0.05, 0) is 30.3 Å². The zero-order valence-electron chi connectivity index (χ0n) is 19.8. The fraction of sp³-hybridized carbons (Fsp3) is 0.391. The first-order valence-corrected chi connectivity index (χ1v) is 11.4. The summed E-state index contributed by atoms with van der Waals surface area (Å²) in [6.45, 7) is 5.08. The summed E-state index contributed by atoms with van der Waals surface area (Å²) in [4.78, 5) is 39.5. The monoisotopic (exact) mass is 501 g/mol. The molecular formula is C23H28FN7O5. The first-order valence-electron chi connectivity index (χ1n) is 11.4.